The summed E-state index contributed by atoms with van der Waals surface area (Å²) in [5, 5.41) is 4.52. The molecule has 7 nitrogen and oxygen atoms in total. The average Bonchev–Trinajstić information content (AvgIpc) is 2.88. The van der Waals surface area contributed by atoms with E-state index in [0.717, 1.165) is 16.8 Å². The van der Waals surface area contributed by atoms with Crippen molar-refractivity contribution in [3.63, 3.8) is 0 Å². The van der Waals surface area contributed by atoms with Gasteiger partial charge in [-0.25, -0.2) is 9.78 Å². The first kappa shape index (κ1) is 26.1. The standard InChI is InChI=1S/C26H19BrF3N3O4/c1-15(25(35)36-2)37-22-11-10-19(27)13-17(22)14-31-33-23(16-6-5-7-18(12-16)26(28,29)30)32-21-9-4-3-8-20(21)24(33)34/h3-15H,1-2H3/t15-/m0/s1. The molecular formula is C26H19BrF3N3O4. The molecule has 0 aliphatic heterocycles. The van der Waals surface area contributed by atoms with Gasteiger partial charge in [0.2, 0.25) is 0 Å². The molecule has 0 aliphatic carbocycles. The number of methoxy groups -OCH3 is 1. The molecule has 4 rings (SSSR count). The number of ether oxygens (including phenoxy) is 2. The zero-order chi connectivity index (χ0) is 26.7. The van der Waals surface area contributed by atoms with E-state index in [-0.39, 0.29) is 22.5 Å². The highest BCUT2D eigenvalue weighted by molar-refractivity contribution is 9.10. The van der Waals surface area contributed by atoms with Gasteiger partial charge in [-0.2, -0.15) is 22.9 Å². The largest absolute Gasteiger partial charge is 0.478 e. The number of fused-ring (bicyclic) bond motifs is 1. The van der Waals surface area contributed by atoms with Crippen LogP contribution in [-0.4, -0.2) is 35.1 Å². The van der Waals surface area contributed by atoms with Gasteiger partial charge in [-0.15, -0.1) is 0 Å². The van der Waals surface area contributed by atoms with Crippen LogP contribution in [0.5, 0.6) is 5.75 Å². The molecule has 0 radical (unpaired) electrons. The van der Waals surface area contributed by atoms with Gasteiger partial charge in [0.1, 0.15) is 5.75 Å². The normalized spacial score (nSPS) is 12.6. The molecule has 1 heterocycles. The van der Waals surface area contributed by atoms with Gasteiger partial charge >= 0.3 is 12.1 Å². The van der Waals surface area contributed by atoms with E-state index in [9.17, 15) is 22.8 Å². The number of aromatic nitrogens is 2. The highest BCUT2D eigenvalue weighted by Gasteiger charge is 2.31. The molecule has 37 heavy (non-hydrogen) atoms. The number of carbonyl (C=O) groups excluding carboxylic acids is 1. The topological polar surface area (TPSA) is 82.8 Å². The third-order valence-corrected chi connectivity index (χ3v) is 5.82. The van der Waals surface area contributed by atoms with E-state index in [2.05, 4.69) is 26.0 Å². The van der Waals surface area contributed by atoms with E-state index in [0.29, 0.717) is 15.6 Å². The molecule has 0 fully saturated rings. The molecule has 11 heteroatoms. The van der Waals surface area contributed by atoms with Crippen LogP contribution in [0.25, 0.3) is 22.3 Å². The van der Waals surface area contributed by atoms with Crippen molar-refractivity contribution < 1.29 is 27.4 Å². The molecule has 0 saturated carbocycles. The van der Waals surface area contributed by atoms with Gasteiger partial charge in [-0.1, -0.05) is 40.2 Å². The van der Waals surface area contributed by atoms with Crippen molar-refractivity contribution in [2.75, 3.05) is 7.11 Å². The minimum absolute atomic E-state index is 0.0554. The van der Waals surface area contributed by atoms with Gasteiger partial charge in [0.15, 0.2) is 11.9 Å². The summed E-state index contributed by atoms with van der Waals surface area (Å²) in [5.41, 5.74) is -0.707. The van der Waals surface area contributed by atoms with Crippen LogP contribution in [-0.2, 0) is 15.7 Å². The Kier molecular flexibility index (Phi) is 7.44. The number of nitrogens with zero attached hydrogens (tertiary/aromatic N) is 3. The lowest BCUT2D eigenvalue weighted by molar-refractivity contribution is -0.148. The minimum Gasteiger partial charge on any atom is -0.478 e. The molecule has 1 atom stereocenters. The molecule has 0 unspecified atom stereocenters. The van der Waals surface area contributed by atoms with Crippen molar-refractivity contribution in [2.24, 2.45) is 5.10 Å². The summed E-state index contributed by atoms with van der Waals surface area (Å²) in [6, 6.07) is 15.9. The van der Waals surface area contributed by atoms with Crippen LogP contribution in [0, 0.1) is 0 Å². The molecule has 1 aromatic heterocycles. The van der Waals surface area contributed by atoms with Crippen molar-refractivity contribution in [1.29, 1.82) is 0 Å². The fraction of sp³-hybridized carbons (Fsp3) is 0.154. The summed E-state index contributed by atoms with van der Waals surface area (Å²) >= 11 is 3.36. The van der Waals surface area contributed by atoms with Crippen LogP contribution >= 0.6 is 15.9 Å². The van der Waals surface area contributed by atoms with Crippen LogP contribution in [0.2, 0.25) is 0 Å². The predicted molar refractivity (Wildman–Crippen MR) is 136 cm³/mol. The molecule has 0 N–H and O–H groups in total. The number of rotatable bonds is 6. The van der Waals surface area contributed by atoms with Crippen molar-refractivity contribution in [2.45, 2.75) is 19.2 Å². The lowest BCUT2D eigenvalue weighted by Gasteiger charge is -2.15. The monoisotopic (exact) mass is 573 g/mol. The molecule has 190 valence electrons. The van der Waals surface area contributed by atoms with Gasteiger partial charge in [-0.3, -0.25) is 4.79 Å². The number of carbonyl (C=O) groups is 1. The van der Waals surface area contributed by atoms with Crippen molar-refractivity contribution >= 4 is 39.0 Å². The molecule has 4 aromatic rings. The van der Waals surface area contributed by atoms with Crippen molar-refractivity contribution in [3.05, 3.63) is 92.7 Å². The smallest absolute Gasteiger partial charge is 0.416 e. The maximum Gasteiger partial charge on any atom is 0.416 e. The van der Waals surface area contributed by atoms with Crippen molar-refractivity contribution in [3.8, 4) is 17.1 Å². The Labute approximate surface area is 217 Å². The number of benzene rings is 3. The number of hydrogen-bond acceptors (Lipinski definition) is 6. The third-order valence-electron chi connectivity index (χ3n) is 5.32. The Bertz CT molecular complexity index is 1570. The zero-order valence-corrected chi connectivity index (χ0v) is 21.1. The first-order valence-corrected chi connectivity index (χ1v) is 11.7. The van der Waals surface area contributed by atoms with E-state index in [1.807, 2.05) is 0 Å². The first-order valence-electron chi connectivity index (χ1n) is 10.9. The molecule has 0 saturated heterocycles. The van der Waals surface area contributed by atoms with Crippen LogP contribution < -0.4 is 10.3 Å². The number of halogens is 4. The van der Waals surface area contributed by atoms with Crippen molar-refractivity contribution in [1.82, 2.24) is 9.66 Å². The fourth-order valence-electron chi connectivity index (χ4n) is 3.50. The summed E-state index contributed by atoms with van der Waals surface area (Å²) in [7, 11) is 1.24. The summed E-state index contributed by atoms with van der Waals surface area (Å²) < 4.78 is 52.1. The molecular weight excluding hydrogens is 555 g/mol. The van der Waals surface area contributed by atoms with Crippen LogP contribution in [0.3, 0.4) is 0 Å². The second-order valence-electron chi connectivity index (χ2n) is 7.86. The van der Waals surface area contributed by atoms with E-state index < -0.39 is 29.4 Å². The maximum absolute atomic E-state index is 13.4. The molecule has 3 aromatic carbocycles. The molecule has 0 aliphatic rings. The van der Waals surface area contributed by atoms with E-state index >= 15 is 0 Å². The minimum atomic E-state index is -4.58. The van der Waals surface area contributed by atoms with E-state index in [4.69, 9.17) is 9.47 Å². The SMILES string of the molecule is COC(=O)[C@H](C)Oc1ccc(Br)cc1C=Nn1c(-c2cccc(C(F)(F)F)c2)nc2ccccc2c1=O. The summed E-state index contributed by atoms with van der Waals surface area (Å²) in [6.07, 6.45) is -4.21. The van der Waals surface area contributed by atoms with Gasteiger partial charge < -0.3 is 9.47 Å². The Hall–Kier alpha value is -3.99. The average molecular weight is 574 g/mol. The van der Waals surface area contributed by atoms with Gasteiger partial charge in [-0.05, 0) is 49.4 Å². The van der Waals surface area contributed by atoms with Crippen LogP contribution in [0.1, 0.15) is 18.1 Å². The highest BCUT2D eigenvalue weighted by Crippen LogP contribution is 2.32. The Morgan fingerprint density at radius 3 is 2.59 bits per heavy atom. The number of esters is 1. The Balaban J connectivity index is 1.88. The Morgan fingerprint density at radius 2 is 1.86 bits per heavy atom. The van der Waals surface area contributed by atoms with Gasteiger partial charge in [0.05, 0.1) is 29.8 Å². The zero-order valence-electron chi connectivity index (χ0n) is 19.5. The lowest BCUT2D eigenvalue weighted by Crippen LogP contribution is -2.25. The lowest BCUT2D eigenvalue weighted by atomic mass is 10.1. The number of hydrogen-bond donors (Lipinski definition) is 0. The van der Waals surface area contributed by atoms with E-state index in [1.54, 1.807) is 42.5 Å². The molecule has 0 amide bonds. The summed E-state index contributed by atoms with van der Waals surface area (Å²) in [6.45, 7) is 1.51. The molecule has 0 bridgehead atoms. The quantitative estimate of drug-likeness (QED) is 0.219. The van der Waals surface area contributed by atoms with E-state index in [1.165, 1.54) is 32.4 Å². The summed E-state index contributed by atoms with van der Waals surface area (Å²) in [4.78, 5) is 29.6. The predicted octanol–water partition coefficient (Wildman–Crippen LogP) is 5.67. The second-order valence-corrected chi connectivity index (χ2v) is 8.77. The second kappa shape index (κ2) is 10.6. The number of para-hydroxylation sites is 1. The van der Waals surface area contributed by atoms with Crippen LogP contribution in [0.4, 0.5) is 13.2 Å². The van der Waals surface area contributed by atoms with Crippen LogP contribution in [0.15, 0.2) is 81.1 Å². The maximum atomic E-state index is 13.4. The van der Waals surface area contributed by atoms with Gasteiger partial charge in [0.25, 0.3) is 5.56 Å². The summed E-state index contributed by atoms with van der Waals surface area (Å²) in [5.74, 6) is -0.397. The van der Waals surface area contributed by atoms with Gasteiger partial charge in [0, 0.05) is 15.6 Å². The molecule has 0 spiro atoms. The Morgan fingerprint density at radius 1 is 1.11 bits per heavy atom. The first-order chi connectivity index (χ1) is 17.6. The highest BCUT2D eigenvalue weighted by atomic mass is 79.9. The third kappa shape index (κ3) is 5.72. The number of alkyl halides is 3. The fourth-order valence-corrected chi connectivity index (χ4v) is 3.88.